The molecule has 1 heterocycles. The molecule has 3 aliphatic rings. The molecule has 0 aromatic rings. The second-order valence-electron chi connectivity index (χ2n) is 6.62. The number of nitrogens with two attached hydrogens (primary N) is 1. The van der Waals surface area contributed by atoms with E-state index in [1.807, 2.05) is 9.80 Å². The van der Waals surface area contributed by atoms with Gasteiger partial charge >= 0.3 is 0 Å². The van der Waals surface area contributed by atoms with Crippen LogP contribution in [0.2, 0.25) is 0 Å². The van der Waals surface area contributed by atoms with Gasteiger partial charge in [-0.25, -0.2) is 0 Å². The maximum atomic E-state index is 12.8. The van der Waals surface area contributed by atoms with Gasteiger partial charge in [0.1, 0.15) is 0 Å². The molecule has 2 saturated carbocycles. The number of hydrogen-bond acceptors (Lipinski definition) is 3. The molecule has 0 radical (unpaired) electrons. The summed E-state index contributed by atoms with van der Waals surface area (Å²) in [4.78, 5) is 28.0. The molecular formula is C15H25N3O2. The van der Waals surface area contributed by atoms with Crippen LogP contribution >= 0.6 is 0 Å². The van der Waals surface area contributed by atoms with E-state index < -0.39 is 0 Å². The molecule has 1 saturated heterocycles. The summed E-state index contributed by atoms with van der Waals surface area (Å²) in [6.07, 6.45) is 4.39. The normalized spacial score (nSPS) is 37.1. The van der Waals surface area contributed by atoms with Gasteiger partial charge in [0.15, 0.2) is 0 Å². The van der Waals surface area contributed by atoms with E-state index in [0.717, 1.165) is 25.9 Å². The molecule has 2 amide bonds. The highest BCUT2D eigenvalue weighted by Crippen LogP contribution is 2.48. The number of amides is 2. The number of rotatable bonds is 1. The molecule has 4 atom stereocenters. The van der Waals surface area contributed by atoms with Gasteiger partial charge in [-0.1, -0.05) is 0 Å². The molecule has 3 fully saturated rings. The lowest BCUT2D eigenvalue weighted by atomic mass is 9.84. The van der Waals surface area contributed by atoms with Crippen molar-refractivity contribution in [1.29, 1.82) is 0 Å². The molecule has 20 heavy (non-hydrogen) atoms. The smallest absolute Gasteiger partial charge is 0.227 e. The van der Waals surface area contributed by atoms with Crippen molar-refractivity contribution in [2.45, 2.75) is 38.6 Å². The third-order valence-electron chi connectivity index (χ3n) is 5.52. The number of hydrogen-bond donors (Lipinski definition) is 1. The number of nitrogens with zero attached hydrogens (tertiary/aromatic N) is 2. The molecule has 2 N–H and O–H groups in total. The average Bonchev–Trinajstić information content (AvgIpc) is 2.90. The SMILES string of the molecule is CC(=O)N1CCCN(C(=O)C2C3CCC(C3)C2N)CC1. The second-order valence-corrected chi connectivity index (χ2v) is 6.62. The van der Waals surface area contributed by atoms with Crippen LogP contribution in [0.3, 0.4) is 0 Å². The van der Waals surface area contributed by atoms with E-state index in [1.165, 1.54) is 12.8 Å². The third-order valence-corrected chi connectivity index (χ3v) is 5.52. The van der Waals surface area contributed by atoms with Crippen molar-refractivity contribution < 1.29 is 9.59 Å². The van der Waals surface area contributed by atoms with Crippen LogP contribution in [0.4, 0.5) is 0 Å². The lowest BCUT2D eigenvalue weighted by molar-refractivity contribution is -0.138. The minimum Gasteiger partial charge on any atom is -0.341 e. The fourth-order valence-corrected chi connectivity index (χ4v) is 4.37. The third kappa shape index (κ3) is 2.32. The van der Waals surface area contributed by atoms with Crippen LogP contribution < -0.4 is 5.73 Å². The first-order valence-electron chi connectivity index (χ1n) is 7.88. The summed E-state index contributed by atoms with van der Waals surface area (Å²) in [5, 5.41) is 0. The molecule has 2 bridgehead atoms. The van der Waals surface area contributed by atoms with Gasteiger partial charge in [-0.3, -0.25) is 9.59 Å². The van der Waals surface area contributed by atoms with Crippen molar-refractivity contribution in [3.05, 3.63) is 0 Å². The monoisotopic (exact) mass is 279 g/mol. The molecule has 5 heteroatoms. The zero-order valence-electron chi connectivity index (χ0n) is 12.3. The van der Waals surface area contributed by atoms with Crippen molar-refractivity contribution in [3.63, 3.8) is 0 Å². The van der Waals surface area contributed by atoms with Gasteiger partial charge in [-0.05, 0) is 37.5 Å². The summed E-state index contributed by atoms with van der Waals surface area (Å²) in [5.41, 5.74) is 6.27. The van der Waals surface area contributed by atoms with E-state index in [9.17, 15) is 9.59 Å². The van der Waals surface area contributed by atoms with Crippen LogP contribution in [0.25, 0.3) is 0 Å². The fraction of sp³-hybridized carbons (Fsp3) is 0.867. The molecule has 5 nitrogen and oxygen atoms in total. The van der Waals surface area contributed by atoms with Gasteiger partial charge in [0.25, 0.3) is 0 Å². The highest BCUT2D eigenvalue weighted by molar-refractivity contribution is 5.81. The predicted molar refractivity (Wildman–Crippen MR) is 75.7 cm³/mol. The zero-order valence-corrected chi connectivity index (χ0v) is 12.3. The Hall–Kier alpha value is -1.10. The molecule has 3 rings (SSSR count). The van der Waals surface area contributed by atoms with Gasteiger partial charge < -0.3 is 15.5 Å². The first kappa shape index (κ1) is 13.9. The van der Waals surface area contributed by atoms with Crippen LogP contribution in [0.5, 0.6) is 0 Å². The van der Waals surface area contributed by atoms with E-state index in [4.69, 9.17) is 5.73 Å². The van der Waals surface area contributed by atoms with E-state index in [1.54, 1.807) is 6.92 Å². The lowest BCUT2D eigenvalue weighted by Gasteiger charge is -2.32. The van der Waals surface area contributed by atoms with Crippen molar-refractivity contribution >= 4 is 11.8 Å². The zero-order chi connectivity index (χ0) is 14.3. The molecule has 112 valence electrons. The minimum atomic E-state index is 0.0395. The second kappa shape index (κ2) is 5.35. The molecule has 4 unspecified atom stereocenters. The topological polar surface area (TPSA) is 66.6 Å². The molecule has 0 spiro atoms. The van der Waals surface area contributed by atoms with E-state index in [2.05, 4.69) is 0 Å². The van der Waals surface area contributed by atoms with Gasteiger partial charge in [0, 0.05) is 39.1 Å². The Morgan fingerprint density at radius 2 is 1.65 bits per heavy atom. The molecule has 0 aromatic carbocycles. The molecule has 2 aliphatic carbocycles. The van der Waals surface area contributed by atoms with Crippen molar-refractivity contribution in [2.24, 2.45) is 23.5 Å². The van der Waals surface area contributed by atoms with Crippen LogP contribution in [0, 0.1) is 17.8 Å². The number of fused-ring (bicyclic) bond motifs is 2. The van der Waals surface area contributed by atoms with Gasteiger partial charge in [-0.2, -0.15) is 0 Å². The highest BCUT2D eigenvalue weighted by Gasteiger charge is 2.50. The largest absolute Gasteiger partial charge is 0.341 e. The van der Waals surface area contributed by atoms with Crippen molar-refractivity contribution in [2.75, 3.05) is 26.2 Å². The van der Waals surface area contributed by atoms with Crippen LogP contribution in [-0.2, 0) is 9.59 Å². The quantitative estimate of drug-likeness (QED) is 0.757. The average molecular weight is 279 g/mol. The summed E-state index contributed by atoms with van der Waals surface area (Å²) in [5.74, 6) is 1.47. The highest BCUT2D eigenvalue weighted by atomic mass is 16.2. The van der Waals surface area contributed by atoms with Crippen LogP contribution in [0.1, 0.15) is 32.6 Å². The summed E-state index contributed by atoms with van der Waals surface area (Å²) in [6.45, 7) is 4.46. The van der Waals surface area contributed by atoms with Crippen LogP contribution in [0.15, 0.2) is 0 Å². The first-order chi connectivity index (χ1) is 9.58. The summed E-state index contributed by atoms with van der Waals surface area (Å²) >= 11 is 0. The van der Waals surface area contributed by atoms with E-state index in [0.29, 0.717) is 24.9 Å². The lowest BCUT2D eigenvalue weighted by Crippen LogP contribution is -2.48. The molecule has 0 aromatic heterocycles. The Kier molecular flexibility index (Phi) is 3.71. The summed E-state index contributed by atoms with van der Waals surface area (Å²) < 4.78 is 0. The fourth-order valence-electron chi connectivity index (χ4n) is 4.37. The molecule has 1 aliphatic heterocycles. The van der Waals surface area contributed by atoms with E-state index in [-0.39, 0.29) is 23.8 Å². The Bertz CT molecular complexity index is 410. The van der Waals surface area contributed by atoms with Crippen LogP contribution in [-0.4, -0.2) is 53.8 Å². The standard InChI is InChI=1S/C15H25N3O2/c1-10(19)17-5-2-6-18(8-7-17)15(20)13-11-3-4-12(9-11)14(13)16/h11-14H,2-9,16H2,1H3. The van der Waals surface area contributed by atoms with Gasteiger partial charge in [0.2, 0.25) is 11.8 Å². The number of carbonyl (C=O) groups is 2. The molecular weight excluding hydrogens is 254 g/mol. The maximum absolute atomic E-state index is 12.8. The first-order valence-corrected chi connectivity index (χ1v) is 7.88. The van der Waals surface area contributed by atoms with Gasteiger partial charge in [0.05, 0.1) is 5.92 Å². The minimum absolute atomic E-state index is 0.0395. The predicted octanol–water partition coefficient (Wildman–Crippen LogP) is 0.441. The summed E-state index contributed by atoms with van der Waals surface area (Å²) in [7, 11) is 0. The Morgan fingerprint density at radius 1 is 1.00 bits per heavy atom. The van der Waals surface area contributed by atoms with E-state index >= 15 is 0 Å². The van der Waals surface area contributed by atoms with Gasteiger partial charge in [-0.15, -0.1) is 0 Å². The number of carbonyl (C=O) groups excluding carboxylic acids is 2. The van der Waals surface area contributed by atoms with Crippen molar-refractivity contribution in [3.8, 4) is 0 Å². The Morgan fingerprint density at radius 3 is 2.30 bits per heavy atom. The van der Waals surface area contributed by atoms with Crippen molar-refractivity contribution in [1.82, 2.24) is 9.80 Å². The Labute approximate surface area is 120 Å². The Balaban J connectivity index is 1.64. The maximum Gasteiger partial charge on any atom is 0.227 e. The summed E-state index contributed by atoms with van der Waals surface area (Å²) in [6, 6.07) is 0.0633.